The van der Waals surface area contributed by atoms with Gasteiger partial charge < -0.3 is 15.2 Å². The molecule has 0 aliphatic heterocycles. The Kier molecular flexibility index (Phi) is 5.67. The molecular formula is C17H15FN2O3. The van der Waals surface area contributed by atoms with Crippen molar-refractivity contribution in [2.24, 2.45) is 0 Å². The van der Waals surface area contributed by atoms with E-state index < -0.39 is 5.82 Å². The lowest BCUT2D eigenvalue weighted by Gasteiger charge is -2.09. The van der Waals surface area contributed by atoms with Crippen molar-refractivity contribution in [2.45, 2.75) is 6.61 Å². The van der Waals surface area contributed by atoms with E-state index in [1.165, 1.54) is 12.1 Å². The maximum absolute atomic E-state index is 13.1. The molecule has 0 saturated carbocycles. The highest BCUT2D eigenvalue weighted by Crippen LogP contribution is 2.17. The zero-order chi connectivity index (χ0) is 16.7. The van der Waals surface area contributed by atoms with Gasteiger partial charge in [-0.15, -0.1) is 0 Å². The van der Waals surface area contributed by atoms with Gasteiger partial charge >= 0.3 is 0 Å². The number of aliphatic hydroxyl groups excluding tert-OH is 1. The van der Waals surface area contributed by atoms with Gasteiger partial charge in [-0.05, 0) is 30.3 Å². The smallest absolute Gasteiger partial charge is 0.251 e. The Hall–Kier alpha value is -2.91. The molecule has 0 heterocycles. The lowest BCUT2D eigenvalue weighted by Crippen LogP contribution is -2.26. The fraction of sp³-hybridized carbons (Fsp3) is 0.176. The monoisotopic (exact) mass is 314 g/mol. The largest absolute Gasteiger partial charge is 0.489 e. The molecule has 0 fully saturated rings. The summed E-state index contributed by atoms with van der Waals surface area (Å²) >= 11 is 0. The fourth-order valence-electron chi connectivity index (χ4n) is 1.94. The highest BCUT2D eigenvalue weighted by Gasteiger charge is 2.08. The molecule has 0 atom stereocenters. The van der Waals surface area contributed by atoms with Gasteiger partial charge in [0.2, 0.25) is 0 Å². The molecule has 0 bridgehead atoms. The summed E-state index contributed by atoms with van der Waals surface area (Å²) in [5, 5.41) is 20.2. The van der Waals surface area contributed by atoms with Crippen LogP contribution in [0.25, 0.3) is 0 Å². The van der Waals surface area contributed by atoms with Crippen molar-refractivity contribution >= 4 is 5.91 Å². The van der Waals surface area contributed by atoms with Gasteiger partial charge in [-0.1, -0.05) is 12.1 Å². The van der Waals surface area contributed by atoms with Gasteiger partial charge in [0.15, 0.2) is 0 Å². The molecule has 2 rings (SSSR count). The third kappa shape index (κ3) is 4.53. The van der Waals surface area contributed by atoms with E-state index in [-0.39, 0.29) is 31.2 Å². The molecule has 23 heavy (non-hydrogen) atoms. The Labute approximate surface area is 132 Å². The average Bonchev–Trinajstić information content (AvgIpc) is 2.58. The van der Waals surface area contributed by atoms with Gasteiger partial charge in [-0.3, -0.25) is 4.79 Å². The van der Waals surface area contributed by atoms with E-state index in [9.17, 15) is 9.18 Å². The van der Waals surface area contributed by atoms with Crippen LogP contribution in [-0.2, 0) is 6.61 Å². The lowest BCUT2D eigenvalue weighted by atomic mass is 10.1. The van der Waals surface area contributed by atoms with Crippen LogP contribution >= 0.6 is 0 Å². The number of nitrogens with one attached hydrogen (secondary N) is 1. The summed E-state index contributed by atoms with van der Waals surface area (Å²) in [6, 6.07) is 12.3. The van der Waals surface area contributed by atoms with Crippen LogP contribution in [0, 0.1) is 17.1 Å². The minimum Gasteiger partial charge on any atom is -0.489 e. The number of rotatable bonds is 6. The third-order valence-corrected chi connectivity index (χ3v) is 3.08. The van der Waals surface area contributed by atoms with E-state index in [0.717, 1.165) is 6.07 Å². The number of hydrogen-bond donors (Lipinski definition) is 2. The van der Waals surface area contributed by atoms with E-state index in [1.54, 1.807) is 24.3 Å². The second-order valence-corrected chi connectivity index (χ2v) is 4.71. The standard InChI is InChI=1S/C17H15FN2O3/c18-15-5-4-13(14(8-15)10-19)11-23-16-3-1-2-12(9-16)17(22)20-6-7-21/h1-5,8-9,21H,6-7,11H2,(H,20,22). The first kappa shape index (κ1) is 16.5. The Morgan fingerprint density at radius 2 is 2.13 bits per heavy atom. The summed E-state index contributed by atoms with van der Waals surface area (Å²) < 4.78 is 18.7. The molecular weight excluding hydrogens is 299 g/mol. The van der Waals surface area contributed by atoms with Crippen molar-refractivity contribution in [3.63, 3.8) is 0 Å². The van der Waals surface area contributed by atoms with Crippen LogP contribution in [0.3, 0.4) is 0 Å². The molecule has 2 aromatic carbocycles. The maximum atomic E-state index is 13.1. The molecule has 0 aliphatic rings. The summed E-state index contributed by atoms with van der Waals surface area (Å²) in [6.45, 7) is 0.124. The number of ether oxygens (including phenoxy) is 1. The molecule has 0 aromatic heterocycles. The van der Waals surface area contributed by atoms with Gasteiger partial charge in [0.25, 0.3) is 5.91 Å². The SMILES string of the molecule is N#Cc1cc(F)ccc1COc1cccc(C(=O)NCCO)c1. The Balaban J connectivity index is 2.07. The van der Waals surface area contributed by atoms with E-state index in [4.69, 9.17) is 15.1 Å². The van der Waals surface area contributed by atoms with Gasteiger partial charge in [0, 0.05) is 17.7 Å². The highest BCUT2D eigenvalue weighted by atomic mass is 19.1. The topological polar surface area (TPSA) is 82.3 Å². The van der Waals surface area contributed by atoms with Gasteiger partial charge in [0.1, 0.15) is 18.2 Å². The molecule has 1 amide bonds. The van der Waals surface area contributed by atoms with Crippen LogP contribution in [0.1, 0.15) is 21.5 Å². The number of aliphatic hydroxyl groups is 1. The van der Waals surface area contributed by atoms with E-state index >= 15 is 0 Å². The van der Waals surface area contributed by atoms with Crippen molar-refractivity contribution in [1.29, 1.82) is 5.26 Å². The fourth-order valence-corrected chi connectivity index (χ4v) is 1.94. The number of hydrogen-bond acceptors (Lipinski definition) is 4. The minimum atomic E-state index is -0.479. The molecule has 118 valence electrons. The number of carbonyl (C=O) groups excluding carboxylic acids is 1. The van der Waals surface area contributed by atoms with E-state index in [0.29, 0.717) is 16.9 Å². The first-order valence-corrected chi connectivity index (χ1v) is 6.94. The summed E-state index contributed by atoms with van der Waals surface area (Å²) in [5.41, 5.74) is 1.17. The van der Waals surface area contributed by atoms with Crippen molar-refractivity contribution in [3.8, 4) is 11.8 Å². The van der Waals surface area contributed by atoms with Crippen LogP contribution in [0.4, 0.5) is 4.39 Å². The molecule has 0 saturated heterocycles. The second-order valence-electron chi connectivity index (χ2n) is 4.71. The normalized spacial score (nSPS) is 9.96. The van der Waals surface area contributed by atoms with Crippen molar-refractivity contribution in [1.82, 2.24) is 5.32 Å². The molecule has 6 heteroatoms. The lowest BCUT2D eigenvalue weighted by molar-refractivity contribution is 0.0944. The Morgan fingerprint density at radius 1 is 1.30 bits per heavy atom. The van der Waals surface area contributed by atoms with Crippen LogP contribution in [0.5, 0.6) is 5.75 Å². The first-order chi connectivity index (χ1) is 11.1. The van der Waals surface area contributed by atoms with Crippen molar-refractivity contribution in [3.05, 3.63) is 65.0 Å². The number of carbonyl (C=O) groups is 1. The molecule has 2 aromatic rings. The zero-order valence-electron chi connectivity index (χ0n) is 12.3. The highest BCUT2D eigenvalue weighted by molar-refractivity contribution is 5.94. The summed E-state index contributed by atoms with van der Waals surface area (Å²) in [5.74, 6) is -0.341. The second kappa shape index (κ2) is 7.92. The minimum absolute atomic E-state index is 0.0882. The third-order valence-electron chi connectivity index (χ3n) is 3.08. The number of amides is 1. The quantitative estimate of drug-likeness (QED) is 0.854. The van der Waals surface area contributed by atoms with Crippen molar-refractivity contribution < 1.29 is 19.0 Å². The number of nitrogens with zero attached hydrogens (tertiary/aromatic N) is 1. The van der Waals surface area contributed by atoms with E-state index in [1.807, 2.05) is 6.07 Å². The predicted molar refractivity (Wildman–Crippen MR) is 81.3 cm³/mol. The molecule has 0 radical (unpaired) electrons. The molecule has 0 unspecified atom stereocenters. The predicted octanol–water partition coefficient (Wildman–Crippen LogP) is 2.00. The van der Waals surface area contributed by atoms with Crippen molar-refractivity contribution in [2.75, 3.05) is 13.2 Å². The van der Waals surface area contributed by atoms with Gasteiger partial charge in [0.05, 0.1) is 18.2 Å². The maximum Gasteiger partial charge on any atom is 0.251 e. The number of halogens is 1. The number of benzene rings is 2. The van der Waals surface area contributed by atoms with Gasteiger partial charge in [-0.2, -0.15) is 5.26 Å². The van der Waals surface area contributed by atoms with Crippen LogP contribution in [0.15, 0.2) is 42.5 Å². The summed E-state index contributed by atoms with van der Waals surface area (Å²) in [6.07, 6.45) is 0. The molecule has 0 spiro atoms. The summed E-state index contributed by atoms with van der Waals surface area (Å²) in [4.78, 5) is 11.8. The molecule has 0 aliphatic carbocycles. The number of nitriles is 1. The Bertz CT molecular complexity index is 741. The average molecular weight is 314 g/mol. The van der Waals surface area contributed by atoms with Crippen LogP contribution in [-0.4, -0.2) is 24.2 Å². The summed E-state index contributed by atoms with van der Waals surface area (Å²) in [7, 11) is 0. The van der Waals surface area contributed by atoms with Crippen LogP contribution < -0.4 is 10.1 Å². The Morgan fingerprint density at radius 3 is 2.87 bits per heavy atom. The first-order valence-electron chi connectivity index (χ1n) is 6.94. The molecule has 2 N–H and O–H groups in total. The van der Waals surface area contributed by atoms with Crippen LogP contribution in [0.2, 0.25) is 0 Å². The van der Waals surface area contributed by atoms with E-state index in [2.05, 4.69) is 5.32 Å². The molecule has 5 nitrogen and oxygen atoms in total. The zero-order valence-corrected chi connectivity index (χ0v) is 12.3. The van der Waals surface area contributed by atoms with Gasteiger partial charge in [-0.25, -0.2) is 4.39 Å².